The average molecular weight is 243 g/mol. The van der Waals surface area contributed by atoms with E-state index in [1.165, 1.54) is 0 Å². The van der Waals surface area contributed by atoms with Crippen LogP contribution in [0.25, 0.3) is 0 Å². The molecule has 1 saturated heterocycles. The van der Waals surface area contributed by atoms with Crippen molar-refractivity contribution in [2.45, 2.75) is 25.9 Å². The van der Waals surface area contributed by atoms with Crippen molar-refractivity contribution < 1.29 is 9.90 Å². The van der Waals surface area contributed by atoms with Gasteiger partial charge in [-0.25, -0.2) is 0 Å². The molecule has 0 bridgehead atoms. The van der Waals surface area contributed by atoms with E-state index in [1.54, 1.807) is 12.2 Å². The number of carboxylic acids is 1. The lowest BCUT2D eigenvalue weighted by Crippen LogP contribution is -2.30. The van der Waals surface area contributed by atoms with Crippen molar-refractivity contribution in [2.75, 3.05) is 0 Å². The van der Waals surface area contributed by atoms with Gasteiger partial charge in [-0.1, -0.05) is 24.3 Å². The van der Waals surface area contributed by atoms with E-state index in [9.17, 15) is 4.79 Å². The van der Waals surface area contributed by atoms with E-state index in [1.807, 2.05) is 6.92 Å². The zero-order chi connectivity index (χ0) is 12.1. The molecule has 88 valence electrons. The molecule has 0 spiro atoms. The summed E-state index contributed by atoms with van der Waals surface area (Å²) in [6.07, 6.45) is 4.06. The zero-order valence-electron chi connectivity index (χ0n) is 9.09. The van der Waals surface area contributed by atoms with Crippen molar-refractivity contribution in [3.8, 4) is 0 Å². The van der Waals surface area contributed by atoms with Crippen LogP contribution in [0, 0.1) is 0 Å². The van der Waals surface area contributed by atoms with Gasteiger partial charge in [0.05, 0.1) is 17.6 Å². The van der Waals surface area contributed by atoms with Crippen molar-refractivity contribution >= 4 is 17.6 Å². The molecule has 0 saturated carbocycles. The van der Waals surface area contributed by atoms with Crippen molar-refractivity contribution in [1.29, 1.82) is 0 Å². The Bertz CT molecular complexity index is 361. The Labute approximate surface area is 99.7 Å². The summed E-state index contributed by atoms with van der Waals surface area (Å²) >= 11 is 5.87. The van der Waals surface area contributed by atoms with Gasteiger partial charge in [-0.05, 0) is 19.4 Å². The van der Waals surface area contributed by atoms with Gasteiger partial charge >= 0.3 is 5.97 Å². The van der Waals surface area contributed by atoms with Gasteiger partial charge in [-0.2, -0.15) is 0 Å². The number of carboxylic acid groups (broad SMARTS) is 1. The molecule has 4 nitrogen and oxygen atoms in total. The minimum absolute atomic E-state index is 0.0869. The quantitative estimate of drug-likeness (QED) is 0.705. The van der Waals surface area contributed by atoms with Crippen LogP contribution in [0.4, 0.5) is 0 Å². The molecule has 5 heteroatoms. The van der Waals surface area contributed by atoms with E-state index in [4.69, 9.17) is 16.7 Å². The van der Waals surface area contributed by atoms with Crippen LogP contribution in [-0.4, -0.2) is 17.2 Å². The molecular weight excluding hydrogens is 228 g/mol. The summed E-state index contributed by atoms with van der Waals surface area (Å²) in [5.74, 6) is -0.807. The van der Waals surface area contributed by atoms with Crippen molar-refractivity contribution in [3.63, 3.8) is 0 Å². The molecule has 3 N–H and O–H groups in total. The van der Waals surface area contributed by atoms with E-state index < -0.39 is 5.97 Å². The summed E-state index contributed by atoms with van der Waals surface area (Å²) in [7, 11) is 0. The summed E-state index contributed by atoms with van der Waals surface area (Å²) in [5.41, 5.74) is 1.54. The molecule has 0 amide bonds. The summed E-state index contributed by atoms with van der Waals surface area (Å²) in [5, 5.41) is 15.4. The lowest BCUT2D eigenvalue weighted by atomic mass is 10.2. The van der Waals surface area contributed by atoms with E-state index in [0.717, 1.165) is 11.4 Å². The van der Waals surface area contributed by atoms with Crippen LogP contribution in [0.15, 0.2) is 35.2 Å². The number of carbonyl (C=O) groups is 1. The van der Waals surface area contributed by atoms with Crippen LogP contribution in [0.2, 0.25) is 0 Å². The third-order valence-electron chi connectivity index (χ3n) is 2.21. The zero-order valence-corrected chi connectivity index (χ0v) is 9.84. The third kappa shape index (κ3) is 3.62. The van der Waals surface area contributed by atoms with Gasteiger partial charge in [0.25, 0.3) is 0 Å². The summed E-state index contributed by atoms with van der Waals surface area (Å²) < 4.78 is 0. The fraction of sp³-hybridized carbons (Fsp3) is 0.364. The Morgan fingerprint density at radius 2 is 2.31 bits per heavy atom. The molecule has 0 aromatic heterocycles. The minimum Gasteiger partial charge on any atom is -0.481 e. The Balaban J connectivity index is 2.57. The molecule has 1 aliphatic rings. The number of hydrogen-bond donors (Lipinski definition) is 3. The first-order chi connectivity index (χ1) is 7.52. The largest absolute Gasteiger partial charge is 0.481 e. The second-order valence-electron chi connectivity index (χ2n) is 3.48. The number of nitrogens with one attached hydrogen (secondary N) is 2. The minimum atomic E-state index is -0.807. The third-order valence-corrected chi connectivity index (χ3v) is 2.54. The van der Waals surface area contributed by atoms with Gasteiger partial charge in [0.15, 0.2) is 0 Å². The topological polar surface area (TPSA) is 61.4 Å². The summed E-state index contributed by atoms with van der Waals surface area (Å²) in [6.45, 7) is 5.66. The standard InChI is InChI=1S/C11H15ClN2O2/c1-3-8(12)6-9-7(2)13-10(14-9)4-5-11(15)16/h3,6,10,13-14H,2,4-5H2,1H3,(H,15,16)/b8-3+,9-6+. The predicted molar refractivity (Wildman–Crippen MR) is 63.8 cm³/mol. The molecule has 16 heavy (non-hydrogen) atoms. The summed E-state index contributed by atoms with van der Waals surface area (Å²) in [6, 6.07) is 0. The smallest absolute Gasteiger partial charge is 0.303 e. The number of aliphatic carboxylic acids is 1. The molecule has 0 aromatic carbocycles. The monoisotopic (exact) mass is 242 g/mol. The highest BCUT2D eigenvalue weighted by Gasteiger charge is 2.20. The van der Waals surface area contributed by atoms with Crippen LogP contribution in [0.3, 0.4) is 0 Å². The predicted octanol–water partition coefficient (Wildman–Crippen LogP) is 1.91. The van der Waals surface area contributed by atoms with E-state index in [-0.39, 0.29) is 12.6 Å². The maximum Gasteiger partial charge on any atom is 0.303 e. The van der Waals surface area contributed by atoms with E-state index >= 15 is 0 Å². The number of halogens is 1. The number of rotatable bonds is 4. The molecule has 1 fully saturated rings. The Morgan fingerprint density at radius 1 is 1.62 bits per heavy atom. The van der Waals surface area contributed by atoms with Crippen LogP contribution in [0.1, 0.15) is 19.8 Å². The lowest BCUT2D eigenvalue weighted by Gasteiger charge is -2.08. The average Bonchev–Trinajstić information content (AvgIpc) is 2.56. The van der Waals surface area contributed by atoms with Crippen LogP contribution >= 0.6 is 11.6 Å². The van der Waals surface area contributed by atoms with Crippen LogP contribution in [-0.2, 0) is 4.79 Å². The van der Waals surface area contributed by atoms with Crippen molar-refractivity contribution in [3.05, 3.63) is 35.2 Å². The Morgan fingerprint density at radius 3 is 2.88 bits per heavy atom. The first-order valence-corrected chi connectivity index (χ1v) is 5.38. The fourth-order valence-corrected chi connectivity index (χ4v) is 1.47. The molecule has 0 radical (unpaired) electrons. The SMILES string of the molecule is C=C1NC(CCC(=O)O)N/C1=C/C(Cl)=C\C. The van der Waals surface area contributed by atoms with E-state index in [2.05, 4.69) is 17.2 Å². The van der Waals surface area contributed by atoms with E-state index in [0.29, 0.717) is 11.5 Å². The van der Waals surface area contributed by atoms with Gasteiger partial charge in [0.1, 0.15) is 0 Å². The van der Waals surface area contributed by atoms with Gasteiger partial charge in [-0.3, -0.25) is 4.79 Å². The molecule has 0 aromatic rings. The Hall–Kier alpha value is -1.42. The second kappa shape index (κ2) is 5.61. The molecule has 1 unspecified atom stereocenters. The highest BCUT2D eigenvalue weighted by Crippen LogP contribution is 2.17. The normalized spacial score (nSPS) is 23.1. The maximum atomic E-state index is 10.4. The molecule has 1 heterocycles. The second-order valence-corrected chi connectivity index (χ2v) is 3.92. The van der Waals surface area contributed by atoms with Crippen molar-refractivity contribution in [2.24, 2.45) is 0 Å². The fourth-order valence-electron chi connectivity index (χ4n) is 1.36. The number of allylic oxidation sites excluding steroid dienone is 3. The first kappa shape index (κ1) is 12.6. The highest BCUT2D eigenvalue weighted by atomic mass is 35.5. The van der Waals surface area contributed by atoms with Crippen molar-refractivity contribution in [1.82, 2.24) is 10.6 Å². The first-order valence-electron chi connectivity index (χ1n) is 5.00. The van der Waals surface area contributed by atoms with Gasteiger partial charge < -0.3 is 15.7 Å². The summed E-state index contributed by atoms with van der Waals surface area (Å²) in [4.78, 5) is 10.4. The molecule has 1 rings (SSSR count). The van der Waals surface area contributed by atoms with Crippen LogP contribution < -0.4 is 10.6 Å². The molecular formula is C11H15ClN2O2. The van der Waals surface area contributed by atoms with Gasteiger partial charge in [0, 0.05) is 11.5 Å². The molecule has 0 aliphatic carbocycles. The van der Waals surface area contributed by atoms with Gasteiger partial charge in [-0.15, -0.1) is 0 Å². The van der Waals surface area contributed by atoms with Gasteiger partial charge in [0.2, 0.25) is 0 Å². The molecule has 1 aliphatic heterocycles. The lowest BCUT2D eigenvalue weighted by molar-refractivity contribution is -0.137. The highest BCUT2D eigenvalue weighted by molar-refractivity contribution is 6.31. The number of hydrogen-bond acceptors (Lipinski definition) is 3. The Kier molecular flexibility index (Phi) is 4.43. The maximum absolute atomic E-state index is 10.4. The van der Waals surface area contributed by atoms with Crippen LogP contribution in [0.5, 0.6) is 0 Å². The molecule has 1 atom stereocenters.